The first-order valence-electron chi connectivity index (χ1n) is 5.46. The maximum absolute atomic E-state index is 5.78. The molecule has 18 heavy (non-hydrogen) atoms. The molecule has 0 fully saturated rings. The van der Waals surface area contributed by atoms with Crippen LogP contribution < -0.4 is 11.1 Å². The van der Waals surface area contributed by atoms with Crippen molar-refractivity contribution in [3.63, 3.8) is 0 Å². The molecule has 0 bridgehead atoms. The van der Waals surface area contributed by atoms with Crippen molar-refractivity contribution >= 4 is 22.4 Å². The summed E-state index contributed by atoms with van der Waals surface area (Å²) < 4.78 is 6.65. The van der Waals surface area contributed by atoms with Crippen LogP contribution in [0.15, 0.2) is 29.2 Å². The second-order valence-corrected chi connectivity index (χ2v) is 3.97. The van der Waals surface area contributed by atoms with Gasteiger partial charge in [-0.2, -0.15) is 0 Å². The highest BCUT2D eigenvalue weighted by molar-refractivity contribution is 5.94. The third-order valence-electron chi connectivity index (χ3n) is 2.80. The molecule has 2 heterocycles. The van der Waals surface area contributed by atoms with Crippen molar-refractivity contribution in [2.24, 2.45) is 7.05 Å². The zero-order valence-electron chi connectivity index (χ0n) is 9.79. The Morgan fingerprint density at radius 3 is 2.94 bits per heavy atom. The van der Waals surface area contributed by atoms with Crippen LogP contribution >= 0.6 is 0 Å². The summed E-state index contributed by atoms with van der Waals surface area (Å²) in [4.78, 5) is 4.23. The number of aryl methyl sites for hydroxylation is 1. The Bertz CT molecular complexity index is 686. The molecule has 0 amide bonds. The van der Waals surface area contributed by atoms with E-state index >= 15 is 0 Å². The van der Waals surface area contributed by atoms with Gasteiger partial charge in [0, 0.05) is 19.4 Å². The number of hydrogen-bond donors (Lipinski definition) is 2. The van der Waals surface area contributed by atoms with Crippen molar-refractivity contribution in [1.82, 2.24) is 19.9 Å². The van der Waals surface area contributed by atoms with Gasteiger partial charge in [-0.25, -0.2) is 9.61 Å². The van der Waals surface area contributed by atoms with Crippen molar-refractivity contribution in [3.05, 3.63) is 30.4 Å². The lowest BCUT2D eigenvalue weighted by Crippen LogP contribution is -2.06. The molecule has 3 rings (SSSR count). The highest BCUT2D eigenvalue weighted by atomic mass is 16.6. The molecule has 3 N–H and O–H groups in total. The van der Waals surface area contributed by atoms with Gasteiger partial charge in [0.2, 0.25) is 0 Å². The number of benzene rings is 1. The quantitative estimate of drug-likeness (QED) is 0.671. The van der Waals surface area contributed by atoms with Crippen LogP contribution in [0.4, 0.5) is 11.4 Å². The zero-order valence-corrected chi connectivity index (χ0v) is 9.79. The number of nitrogen functional groups attached to an aromatic ring is 1. The summed E-state index contributed by atoms with van der Waals surface area (Å²) in [7, 11) is 1.94. The minimum Gasteiger partial charge on any atom is -0.397 e. The van der Waals surface area contributed by atoms with Crippen molar-refractivity contribution < 1.29 is 4.63 Å². The molecule has 0 aliphatic heterocycles. The van der Waals surface area contributed by atoms with Crippen LogP contribution in [0.1, 0.15) is 5.82 Å². The maximum Gasteiger partial charge on any atom is 0.160 e. The van der Waals surface area contributed by atoms with Crippen molar-refractivity contribution in [1.29, 1.82) is 0 Å². The van der Waals surface area contributed by atoms with Crippen LogP contribution in [0, 0.1) is 0 Å². The fourth-order valence-electron chi connectivity index (χ4n) is 1.77. The van der Waals surface area contributed by atoms with E-state index in [-0.39, 0.29) is 0 Å². The van der Waals surface area contributed by atoms with E-state index in [1.165, 1.54) is 0 Å². The Hall–Kier alpha value is -2.57. The summed E-state index contributed by atoms with van der Waals surface area (Å²) >= 11 is 0. The van der Waals surface area contributed by atoms with Gasteiger partial charge >= 0.3 is 0 Å². The smallest absolute Gasteiger partial charge is 0.160 e. The van der Waals surface area contributed by atoms with Crippen molar-refractivity contribution in [3.8, 4) is 0 Å². The van der Waals surface area contributed by atoms with E-state index in [2.05, 4.69) is 20.6 Å². The molecule has 92 valence electrons. The molecule has 0 aliphatic rings. The standard InChI is InChI=1S/C11H12N6O/c1-17-5-4-13-9(17)6-14-8-3-2-7(12)10-11(8)16-18-15-10/h2-5,14H,6,12H2,1H3. The molecule has 2 aromatic heterocycles. The minimum absolute atomic E-state index is 0.550. The fraction of sp³-hybridized carbons (Fsp3) is 0.182. The van der Waals surface area contributed by atoms with E-state index in [0.717, 1.165) is 11.5 Å². The molecule has 7 nitrogen and oxygen atoms in total. The van der Waals surface area contributed by atoms with Crippen LogP contribution in [0.2, 0.25) is 0 Å². The molecule has 3 aromatic rings. The number of nitrogens with zero attached hydrogens (tertiary/aromatic N) is 4. The Labute approximate surface area is 103 Å². The topological polar surface area (TPSA) is 94.8 Å². The summed E-state index contributed by atoms with van der Waals surface area (Å²) in [6, 6.07) is 3.62. The maximum atomic E-state index is 5.78. The van der Waals surface area contributed by atoms with Crippen LogP contribution in [0.25, 0.3) is 11.0 Å². The summed E-state index contributed by atoms with van der Waals surface area (Å²) in [6.07, 6.45) is 3.65. The normalized spacial score (nSPS) is 10.9. The third kappa shape index (κ3) is 1.65. The van der Waals surface area contributed by atoms with Gasteiger partial charge < -0.3 is 15.6 Å². The van der Waals surface area contributed by atoms with Gasteiger partial charge in [0.25, 0.3) is 0 Å². The average Bonchev–Trinajstić information content (AvgIpc) is 2.98. The molecule has 0 aliphatic carbocycles. The summed E-state index contributed by atoms with van der Waals surface area (Å²) in [6.45, 7) is 0.593. The second-order valence-electron chi connectivity index (χ2n) is 3.97. The van der Waals surface area contributed by atoms with E-state index in [1.54, 1.807) is 12.3 Å². The number of hydrogen-bond acceptors (Lipinski definition) is 6. The van der Waals surface area contributed by atoms with Crippen LogP contribution in [-0.4, -0.2) is 19.9 Å². The second kappa shape index (κ2) is 4.02. The monoisotopic (exact) mass is 244 g/mol. The average molecular weight is 244 g/mol. The number of nitrogens with two attached hydrogens (primary N) is 1. The zero-order chi connectivity index (χ0) is 12.5. The molecule has 0 unspecified atom stereocenters. The lowest BCUT2D eigenvalue weighted by Gasteiger charge is -2.06. The van der Waals surface area contributed by atoms with E-state index < -0.39 is 0 Å². The van der Waals surface area contributed by atoms with E-state index in [1.807, 2.05) is 23.9 Å². The van der Waals surface area contributed by atoms with Crippen LogP contribution in [0.5, 0.6) is 0 Å². The molecule has 0 atom stereocenters. The number of fused-ring (bicyclic) bond motifs is 1. The lowest BCUT2D eigenvalue weighted by molar-refractivity contribution is 0.315. The molecule has 1 aromatic carbocycles. The van der Waals surface area contributed by atoms with Crippen LogP contribution in [0.3, 0.4) is 0 Å². The van der Waals surface area contributed by atoms with Crippen molar-refractivity contribution in [2.75, 3.05) is 11.1 Å². The molecule has 7 heteroatoms. The third-order valence-corrected chi connectivity index (χ3v) is 2.80. The SMILES string of the molecule is Cn1ccnc1CNc1ccc(N)c2nonc12. The number of imidazole rings is 1. The summed E-state index contributed by atoms with van der Waals surface area (Å²) in [5, 5.41) is 10.9. The first kappa shape index (κ1) is 10.6. The van der Waals surface area contributed by atoms with E-state index in [0.29, 0.717) is 23.3 Å². The molecular formula is C11H12N6O. The summed E-state index contributed by atoms with van der Waals surface area (Å²) in [5.74, 6) is 0.927. The molecule has 0 saturated carbocycles. The highest BCUT2D eigenvalue weighted by Gasteiger charge is 2.10. The van der Waals surface area contributed by atoms with Gasteiger partial charge in [0.1, 0.15) is 5.82 Å². The number of nitrogens with one attached hydrogen (secondary N) is 1. The molecular weight excluding hydrogens is 232 g/mol. The summed E-state index contributed by atoms with van der Waals surface area (Å²) in [5.41, 5.74) is 8.35. The van der Waals surface area contributed by atoms with Gasteiger partial charge in [-0.3, -0.25) is 0 Å². The fourth-order valence-corrected chi connectivity index (χ4v) is 1.77. The number of rotatable bonds is 3. The lowest BCUT2D eigenvalue weighted by atomic mass is 10.2. The number of aromatic nitrogens is 4. The molecule has 0 spiro atoms. The largest absolute Gasteiger partial charge is 0.397 e. The first-order valence-corrected chi connectivity index (χ1v) is 5.46. The predicted molar refractivity (Wildman–Crippen MR) is 66.8 cm³/mol. The highest BCUT2D eigenvalue weighted by Crippen LogP contribution is 2.25. The van der Waals surface area contributed by atoms with Gasteiger partial charge in [-0.15, -0.1) is 0 Å². The van der Waals surface area contributed by atoms with Gasteiger partial charge in [0.05, 0.1) is 17.9 Å². The predicted octanol–water partition coefficient (Wildman–Crippen LogP) is 1.15. The van der Waals surface area contributed by atoms with Gasteiger partial charge in [-0.1, -0.05) is 0 Å². The van der Waals surface area contributed by atoms with E-state index in [4.69, 9.17) is 10.4 Å². The molecule has 0 radical (unpaired) electrons. The van der Waals surface area contributed by atoms with E-state index in [9.17, 15) is 0 Å². The Morgan fingerprint density at radius 2 is 2.17 bits per heavy atom. The Morgan fingerprint density at radius 1 is 1.33 bits per heavy atom. The van der Waals surface area contributed by atoms with Crippen molar-refractivity contribution in [2.45, 2.75) is 6.54 Å². The first-order chi connectivity index (χ1) is 8.75. The van der Waals surface area contributed by atoms with Crippen LogP contribution in [-0.2, 0) is 13.6 Å². The number of anilines is 2. The minimum atomic E-state index is 0.550. The Kier molecular flexibility index (Phi) is 2.36. The molecule has 0 saturated heterocycles. The Balaban J connectivity index is 1.89. The van der Waals surface area contributed by atoms with Gasteiger partial charge in [0.15, 0.2) is 11.0 Å². The van der Waals surface area contributed by atoms with Gasteiger partial charge in [-0.05, 0) is 22.4 Å².